The third-order valence-electron chi connectivity index (χ3n) is 1.73. The molecule has 1 rings (SSSR count). The monoisotopic (exact) mass is 205 g/mol. The number of nitriles is 1. The van der Waals surface area contributed by atoms with E-state index in [1.54, 1.807) is 6.07 Å². The molecule has 78 valence electrons. The van der Waals surface area contributed by atoms with Gasteiger partial charge in [0.1, 0.15) is 11.5 Å². The molecule has 0 amide bonds. The Kier molecular flexibility index (Phi) is 4.10. The van der Waals surface area contributed by atoms with Crippen LogP contribution in [0.3, 0.4) is 0 Å². The highest BCUT2D eigenvalue weighted by Crippen LogP contribution is 2.22. The molecule has 0 fully saturated rings. The van der Waals surface area contributed by atoms with E-state index in [1.807, 2.05) is 6.07 Å². The minimum Gasteiger partial charge on any atom is -0.508 e. The summed E-state index contributed by atoms with van der Waals surface area (Å²) in [5, 5.41) is 34.2. The molecule has 1 aromatic rings. The molecule has 0 saturated heterocycles. The van der Waals surface area contributed by atoms with E-state index in [-0.39, 0.29) is 18.0 Å². The normalized spacial score (nSPS) is 10.3. The number of benzene rings is 1. The lowest BCUT2D eigenvalue weighted by Gasteiger charge is -2.00. The number of hydrogen-bond donors (Lipinski definition) is 2. The Morgan fingerprint density at radius 1 is 1.27 bits per heavy atom. The van der Waals surface area contributed by atoms with Crippen molar-refractivity contribution in [3.63, 3.8) is 0 Å². The number of rotatable bonds is 4. The first kappa shape index (κ1) is 11.0. The molecule has 0 radical (unpaired) electrons. The zero-order chi connectivity index (χ0) is 11.1. The molecule has 5 nitrogen and oxygen atoms in total. The molecular weight excluding hydrogens is 194 g/mol. The van der Waals surface area contributed by atoms with Crippen molar-refractivity contribution in [2.75, 3.05) is 6.54 Å². The van der Waals surface area contributed by atoms with E-state index < -0.39 is 0 Å². The molecule has 0 bridgehead atoms. The van der Waals surface area contributed by atoms with Crippen LogP contribution in [0.25, 0.3) is 0 Å². The lowest BCUT2D eigenvalue weighted by atomic mass is 10.2. The third kappa shape index (κ3) is 3.65. The van der Waals surface area contributed by atoms with Crippen molar-refractivity contribution < 1.29 is 10.2 Å². The number of hydrogen-bond acceptors (Lipinski definition) is 5. The maximum Gasteiger partial charge on any atom is 0.124 e. The maximum absolute atomic E-state index is 9.38. The van der Waals surface area contributed by atoms with Crippen LogP contribution in [0.5, 0.6) is 11.5 Å². The molecule has 0 aromatic heterocycles. The van der Waals surface area contributed by atoms with Gasteiger partial charge in [0.15, 0.2) is 0 Å². The zero-order valence-corrected chi connectivity index (χ0v) is 8.09. The summed E-state index contributed by atoms with van der Waals surface area (Å²) in [6, 6.07) is 6.25. The molecule has 0 saturated carbocycles. The van der Waals surface area contributed by atoms with Crippen LogP contribution in [0.4, 0.5) is 0 Å². The van der Waals surface area contributed by atoms with Crippen molar-refractivity contribution in [2.24, 2.45) is 10.2 Å². The zero-order valence-electron chi connectivity index (χ0n) is 8.09. The third-order valence-corrected chi connectivity index (χ3v) is 1.73. The molecule has 0 spiro atoms. The molecule has 5 heteroatoms. The van der Waals surface area contributed by atoms with Crippen LogP contribution in [0.2, 0.25) is 0 Å². The Hall–Kier alpha value is -2.09. The average molecular weight is 205 g/mol. The predicted octanol–water partition coefficient (Wildman–Crippen LogP) is 1.96. The van der Waals surface area contributed by atoms with E-state index in [0.29, 0.717) is 18.5 Å². The molecule has 0 unspecified atom stereocenters. The fourth-order valence-corrected chi connectivity index (χ4v) is 0.983. The number of aromatic hydroxyl groups is 2. The van der Waals surface area contributed by atoms with E-state index in [2.05, 4.69) is 10.2 Å². The smallest absolute Gasteiger partial charge is 0.124 e. The second-order valence-electron chi connectivity index (χ2n) is 2.89. The Morgan fingerprint density at radius 3 is 2.73 bits per heavy atom. The second kappa shape index (κ2) is 5.60. The fourth-order valence-electron chi connectivity index (χ4n) is 0.983. The molecule has 15 heavy (non-hydrogen) atoms. The first-order chi connectivity index (χ1) is 7.24. The minimum atomic E-state index is -0.00534. The Bertz CT molecular complexity index is 396. The highest BCUT2D eigenvalue weighted by atomic mass is 16.3. The molecule has 0 aliphatic rings. The summed E-state index contributed by atoms with van der Waals surface area (Å²) in [6.07, 6.45) is 0.338. The van der Waals surface area contributed by atoms with Gasteiger partial charge in [-0.05, 0) is 12.1 Å². The first-order valence-electron chi connectivity index (χ1n) is 4.45. The van der Waals surface area contributed by atoms with Gasteiger partial charge in [-0.3, -0.25) is 0 Å². The van der Waals surface area contributed by atoms with Crippen molar-refractivity contribution in [3.05, 3.63) is 23.8 Å². The summed E-state index contributed by atoms with van der Waals surface area (Å²) in [6.45, 7) is 0.618. The average Bonchev–Trinajstić information content (AvgIpc) is 2.20. The summed E-state index contributed by atoms with van der Waals surface area (Å²) in [7, 11) is 0. The molecule has 1 aromatic carbocycles. The standard InChI is InChI=1S/C10H11N3O2/c11-4-1-5-12-13-7-8-2-3-9(14)6-10(8)15/h2-3,6,14-15H,1,5,7H2. The second-order valence-corrected chi connectivity index (χ2v) is 2.89. The highest BCUT2D eigenvalue weighted by Gasteiger charge is 2.00. The Labute approximate surface area is 87.3 Å². The van der Waals surface area contributed by atoms with Crippen LogP contribution in [-0.4, -0.2) is 16.8 Å². The van der Waals surface area contributed by atoms with Crippen LogP contribution in [0.1, 0.15) is 12.0 Å². The quantitative estimate of drug-likeness (QED) is 0.581. The Morgan fingerprint density at radius 2 is 2.07 bits per heavy atom. The maximum atomic E-state index is 9.38. The van der Waals surface area contributed by atoms with E-state index >= 15 is 0 Å². The summed E-state index contributed by atoms with van der Waals surface area (Å²) < 4.78 is 0. The number of azo groups is 1. The van der Waals surface area contributed by atoms with Gasteiger partial charge in [-0.2, -0.15) is 15.5 Å². The van der Waals surface area contributed by atoms with E-state index in [1.165, 1.54) is 12.1 Å². The van der Waals surface area contributed by atoms with Crippen LogP contribution >= 0.6 is 0 Å². The molecule has 0 atom stereocenters. The predicted molar refractivity (Wildman–Crippen MR) is 53.4 cm³/mol. The summed E-state index contributed by atoms with van der Waals surface area (Å²) >= 11 is 0. The van der Waals surface area contributed by atoms with E-state index in [9.17, 15) is 5.11 Å². The topological polar surface area (TPSA) is 89.0 Å². The van der Waals surface area contributed by atoms with Gasteiger partial charge in [-0.15, -0.1) is 0 Å². The molecular formula is C10H11N3O2. The van der Waals surface area contributed by atoms with Gasteiger partial charge in [0.05, 0.1) is 25.6 Å². The minimum absolute atomic E-state index is 0.00534. The van der Waals surface area contributed by atoms with Gasteiger partial charge in [-0.1, -0.05) is 0 Å². The van der Waals surface area contributed by atoms with Crippen molar-refractivity contribution in [1.29, 1.82) is 5.26 Å². The van der Waals surface area contributed by atoms with Crippen LogP contribution < -0.4 is 0 Å². The largest absolute Gasteiger partial charge is 0.508 e. The number of phenolic OH excluding ortho intramolecular Hbond substituents is 2. The van der Waals surface area contributed by atoms with Crippen molar-refractivity contribution >= 4 is 0 Å². The number of phenols is 2. The lowest BCUT2D eigenvalue weighted by molar-refractivity contribution is 0.446. The van der Waals surface area contributed by atoms with Gasteiger partial charge in [0, 0.05) is 11.6 Å². The van der Waals surface area contributed by atoms with Crippen molar-refractivity contribution in [2.45, 2.75) is 13.0 Å². The van der Waals surface area contributed by atoms with Gasteiger partial charge in [0.25, 0.3) is 0 Å². The lowest BCUT2D eigenvalue weighted by Crippen LogP contribution is -1.82. The van der Waals surface area contributed by atoms with Gasteiger partial charge < -0.3 is 10.2 Å². The molecule has 2 N–H and O–H groups in total. The molecule has 0 aliphatic heterocycles. The van der Waals surface area contributed by atoms with Crippen LogP contribution in [0.15, 0.2) is 28.4 Å². The highest BCUT2D eigenvalue weighted by molar-refractivity contribution is 5.38. The molecule has 0 heterocycles. The Balaban J connectivity index is 2.51. The van der Waals surface area contributed by atoms with Gasteiger partial charge in [-0.25, -0.2) is 0 Å². The number of nitrogens with zero attached hydrogens (tertiary/aromatic N) is 3. The van der Waals surface area contributed by atoms with Crippen LogP contribution in [-0.2, 0) is 6.54 Å². The van der Waals surface area contributed by atoms with Crippen molar-refractivity contribution in [1.82, 2.24) is 0 Å². The molecule has 0 aliphatic carbocycles. The summed E-state index contributed by atoms with van der Waals surface area (Å²) in [5.74, 6) is 0.00639. The first-order valence-corrected chi connectivity index (χ1v) is 4.45. The van der Waals surface area contributed by atoms with Crippen LogP contribution in [0, 0.1) is 11.3 Å². The van der Waals surface area contributed by atoms with E-state index in [4.69, 9.17) is 10.4 Å². The summed E-state index contributed by atoms with van der Waals surface area (Å²) in [5.41, 5.74) is 0.591. The van der Waals surface area contributed by atoms with Gasteiger partial charge in [0.2, 0.25) is 0 Å². The summed E-state index contributed by atoms with van der Waals surface area (Å²) in [4.78, 5) is 0. The SMILES string of the molecule is N#CCCN=NCc1ccc(O)cc1O. The van der Waals surface area contributed by atoms with E-state index in [0.717, 1.165) is 0 Å². The fraction of sp³-hybridized carbons (Fsp3) is 0.300. The van der Waals surface area contributed by atoms with Crippen molar-refractivity contribution in [3.8, 4) is 17.6 Å². The van der Waals surface area contributed by atoms with Gasteiger partial charge >= 0.3 is 0 Å².